The van der Waals surface area contributed by atoms with E-state index < -0.39 is 0 Å². The molecule has 20 heavy (non-hydrogen) atoms. The summed E-state index contributed by atoms with van der Waals surface area (Å²) in [4.78, 5) is 16.1. The van der Waals surface area contributed by atoms with Gasteiger partial charge in [0.15, 0.2) is 0 Å². The molecule has 0 fully saturated rings. The average Bonchev–Trinajstić information content (AvgIpc) is 2.93. The Morgan fingerprint density at radius 2 is 2.15 bits per heavy atom. The number of hydrogen-bond donors (Lipinski definition) is 2. The van der Waals surface area contributed by atoms with Gasteiger partial charge < -0.3 is 10.4 Å². The lowest BCUT2D eigenvalue weighted by atomic mass is 10.2. The molecule has 106 valence electrons. The number of nitrogens with zero attached hydrogens (tertiary/aromatic N) is 2. The van der Waals surface area contributed by atoms with E-state index in [1.807, 2.05) is 30.3 Å². The molecule has 0 aliphatic rings. The highest BCUT2D eigenvalue weighted by Crippen LogP contribution is 2.10. The number of nitrogens with one attached hydrogen (secondary N) is 1. The van der Waals surface area contributed by atoms with Crippen LogP contribution in [-0.2, 0) is 0 Å². The Hall–Kier alpha value is -2.14. The molecule has 1 amide bonds. The van der Waals surface area contributed by atoms with E-state index in [4.69, 9.17) is 5.11 Å². The van der Waals surface area contributed by atoms with E-state index in [-0.39, 0.29) is 12.0 Å². The van der Waals surface area contributed by atoms with Gasteiger partial charge >= 0.3 is 0 Å². The van der Waals surface area contributed by atoms with Crippen LogP contribution in [0.4, 0.5) is 0 Å². The van der Waals surface area contributed by atoms with Crippen molar-refractivity contribution in [3.05, 3.63) is 48.5 Å². The van der Waals surface area contributed by atoms with Crippen LogP contribution in [0.2, 0.25) is 0 Å². The minimum absolute atomic E-state index is 0.156. The van der Waals surface area contributed by atoms with Gasteiger partial charge in [-0.15, -0.1) is 0 Å². The quantitative estimate of drug-likeness (QED) is 0.788. The van der Waals surface area contributed by atoms with E-state index in [9.17, 15) is 4.79 Å². The molecule has 2 aromatic rings. The van der Waals surface area contributed by atoms with Gasteiger partial charge in [-0.3, -0.25) is 9.36 Å². The smallest absolute Gasteiger partial charge is 0.269 e. The molecule has 1 aromatic carbocycles. The van der Waals surface area contributed by atoms with Gasteiger partial charge in [-0.25, -0.2) is 4.98 Å². The van der Waals surface area contributed by atoms with Gasteiger partial charge in [-0.2, -0.15) is 0 Å². The van der Waals surface area contributed by atoms with Crippen LogP contribution >= 0.6 is 0 Å². The van der Waals surface area contributed by atoms with Crippen LogP contribution in [-0.4, -0.2) is 33.2 Å². The highest BCUT2D eigenvalue weighted by Gasteiger charge is 2.12. The fourth-order valence-electron chi connectivity index (χ4n) is 1.95. The number of benzene rings is 1. The fraction of sp³-hybridized carbons (Fsp3) is 0.333. The van der Waals surface area contributed by atoms with Gasteiger partial charge in [0.05, 0.1) is 18.6 Å². The van der Waals surface area contributed by atoms with E-state index in [0.717, 1.165) is 12.1 Å². The van der Waals surface area contributed by atoms with E-state index in [0.29, 0.717) is 18.7 Å². The molecule has 2 rings (SSSR count). The number of para-hydroxylation sites is 1. The molecular weight excluding hydrogens is 254 g/mol. The van der Waals surface area contributed by atoms with Crippen LogP contribution in [0.25, 0.3) is 5.69 Å². The van der Waals surface area contributed by atoms with Crippen molar-refractivity contribution in [1.29, 1.82) is 0 Å². The van der Waals surface area contributed by atoms with Gasteiger partial charge in [-0.1, -0.05) is 18.2 Å². The van der Waals surface area contributed by atoms with Gasteiger partial charge in [0.25, 0.3) is 5.91 Å². The summed E-state index contributed by atoms with van der Waals surface area (Å²) in [5, 5.41) is 12.0. The first-order valence-corrected chi connectivity index (χ1v) is 6.72. The van der Waals surface area contributed by atoms with Gasteiger partial charge in [-0.05, 0) is 31.9 Å². The Bertz CT molecular complexity index is 549. The molecule has 0 saturated carbocycles. The first-order valence-electron chi connectivity index (χ1n) is 6.72. The standard InChI is InChI=1S/C15H19N3O2/c1-12(19)6-5-9-17-15(20)14-10-16-11-18(14)13-7-3-2-4-8-13/h2-4,7-8,10-12,19H,5-6,9H2,1H3,(H,17,20). The highest BCUT2D eigenvalue weighted by atomic mass is 16.3. The normalized spacial score (nSPS) is 12.1. The first-order chi connectivity index (χ1) is 9.68. The largest absolute Gasteiger partial charge is 0.393 e. The molecule has 0 saturated heterocycles. The Morgan fingerprint density at radius 3 is 2.85 bits per heavy atom. The Morgan fingerprint density at radius 1 is 1.40 bits per heavy atom. The van der Waals surface area contributed by atoms with Crippen molar-refractivity contribution in [3.63, 3.8) is 0 Å². The maximum Gasteiger partial charge on any atom is 0.269 e. The zero-order chi connectivity index (χ0) is 14.4. The third-order valence-corrected chi connectivity index (χ3v) is 2.99. The fourth-order valence-corrected chi connectivity index (χ4v) is 1.95. The Kier molecular flexibility index (Phi) is 4.90. The van der Waals surface area contributed by atoms with Crippen LogP contribution in [0.15, 0.2) is 42.9 Å². The monoisotopic (exact) mass is 273 g/mol. The lowest BCUT2D eigenvalue weighted by Crippen LogP contribution is -2.27. The summed E-state index contributed by atoms with van der Waals surface area (Å²) in [6.07, 6.45) is 4.28. The second kappa shape index (κ2) is 6.86. The maximum atomic E-state index is 12.1. The summed E-state index contributed by atoms with van der Waals surface area (Å²) in [6, 6.07) is 9.60. The molecular formula is C15H19N3O2. The first kappa shape index (κ1) is 14.3. The van der Waals surface area contributed by atoms with E-state index in [2.05, 4.69) is 10.3 Å². The van der Waals surface area contributed by atoms with E-state index >= 15 is 0 Å². The highest BCUT2D eigenvalue weighted by molar-refractivity contribution is 5.92. The van der Waals surface area contributed by atoms with Crippen LogP contribution in [0, 0.1) is 0 Å². The van der Waals surface area contributed by atoms with Crippen molar-refractivity contribution >= 4 is 5.91 Å². The van der Waals surface area contributed by atoms with Gasteiger partial charge in [0.2, 0.25) is 0 Å². The molecule has 1 unspecified atom stereocenters. The van der Waals surface area contributed by atoms with Crippen molar-refractivity contribution in [2.45, 2.75) is 25.9 Å². The third-order valence-electron chi connectivity index (χ3n) is 2.99. The van der Waals surface area contributed by atoms with Gasteiger partial charge in [0, 0.05) is 12.2 Å². The van der Waals surface area contributed by atoms with E-state index in [1.165, 1.54) is 0 Å². The number of rotatable bonds is 6. The summed E-state index contributed by atoms with van der Waals surface area (Å²) in [5.41, 5.74) is 1.41. The summed E-state index contributed by atoms with van der Waals surface area (Å²) in [5.74, 6) is -0.156. The lowest BCUT2D eigenvalue weighted by molar-refractivity contribution is 0.0943. The molecule has 5 nitrogen and oxygen atoms in total. The summed E-state index contributed by atoms with van der Waals surface area (Å²) in [6.45, 7) is 2.29. The minimum Gasteiger partial charge on any atom is -0.393 e. The molecule has 0 aliphatic heterocycles. The van der Waals surface area contributed by atoms with Crippen molar-refractivity contribution in [3.8, 4) is 5.69 Å². The van der Waals surface area contributed by atoms with Crippen molar-refractivity contribution < 1.29 is 9.90 Å². The number of aliphatic hydroxyl groups excluding tert-OH is 1. The van der Waals surface area contributed by atoms with Crippen LogP contribution in [0.5, 0.6) is 0 Å². The molecule has 1 atom stereocenters. The number of carbonyl (C=O) groups excluding carboxylic acids is 1. The molecule has 0 radical (unpaired) electrons. The molecule has 5 heteroatoms. The molecule has 0 aliphatic carbocycles. The number of carbonyl (C=O) groups is 1. The summed E-state index contributed by atoms with van der Waals surface area (Å²) < 4.78 is 1.75. The number of aromatic nitrogens is 2. The second-order valence-corrected chi connectivity index (χ2v) is 4.73. The number of aliphatic hydroxyl groups is 1. The average molecular weight is 273 g/mol. The SMILES string of the molecule is CC(O)CCCNC(=O)c1cncn1-c1ccccc1. The topological polar surface area (TPSA) is 67.2 Å². The summed E-state index contributed by atoms with van der Waals surface area (Å²) >= 11 is 0. The van der Waals surface area contributed by atoms with Gasteiger partial charge in [0.1, 0.15) is 5.69 Å². The van der Waals surface area contributed by atoms with Crippen molar-refractivity contribution in [2.75, 3.05) is 6.54 Å². The predicted octanol–water partition coefficient (Wildman–Crippen LogP) is 1.76. The maximum absolute atomic E-state index is 12.1. The van der Waals surface area contributed by atoms with Crippen LogP contribution in [0.1, 0.15) is 30.3 Å². The molecule has 0 bridgehead atoms. The Labute approximate surface area is 118 Å². The molecule has 1 aromatic heterocycles. The van der Waals surface area contributed by atoms with Crippen molar-refractivity contribution in [2.24, 2.45) is 0 Å². The van der Waals surface area contributed by atoms with E-state index in [1.54, 1.807) is 24.0 Å². The zero-order valence-electron chi connectivity index (χ0n) is 11.5. The third kappa shape index (κ3) is 3.68. The molecule has 1 heterocycles. The lowest BCUT2D eigenvalue weighted by Gasteiger charge is -2.09. The molecule has 2 N–H and O–H groups in total. The number of hydrogen-bond acceptors (Lipinski definition) is 3. The number of imidazole rings is 1. The molecule has 0 spiro atoms. The Balaban J connectivity index is 1.99. The predicted molar refractivity (Wildman–Crippen MR) is 76.8 cm³/mol. The van der Waals surface area contributed by atoms with Crippen molar-refractivity contribution in [1.82, 2.24) is 14.9 Å². The summed E-state index contributed by atoms with van der Waals surface area (Å²) in [7, 11) is 0. The minimum atomic E-state index is -0.332. The second-order valence-electron chi connectivity index (χ2n) is 4.73. The van der Waals surface area contributed by atoms with Crippen LogP contribution in [0.3, 0.4) is 0 Å². The zero-order valence-corrected chi connectivity index (χ0v) is 11.5. The number of amides is 1. The van der Waals surface area contributed by atoms with Crippen LogP contribution < -0.4 is 5.32 Å².